The molecular weight excluding hydrogens is 405 g/mol. The van der Waals surface area contributed by atoms with Gasteiger partial charge in [-0.1, -0.05) is 26.8 Å². The Hall–Kier alpha value is -1.31. The van der Waals surface area contributed by atoms with Crippen LogP contribution in [0.2, 0.25) is 0 Å². The van der Waals surface area contributed by atoms with Crippen LogP contribution in [0.5, 0.6) is 0 Å². The Kier molecular flexibility index (Phi) is 7.92. The van der Waals surface area contributed by atoms with E-state index >= 15 is 0 Å². The number of aliphatic hydroxyl groups is 1. The van der Waals surface area contributed by atoms with Gasteiger partial charge in [0.1, 0.15) is 0 Å². The van der Waals surface area contributed by atoms with Crippen molar-refractivity contribution in [2.75, 3.05) is 44.2 Å². The highest BCUT2D eigenvalue weighted by Gasteiger charge is 2.32. The summed E-state index contributed by atoms with van der Waals surface area (Å²) >= 11 is 0. The highest BCUT2D eigenvalue weighted by atomic mass is 19.4. The number of benzene rings is 1. The van der Waals surface area contributed by atoms with Crippen LogP contribution in [-0.4, -0.2) is 61.5 Å². The van der Waals surface area contributed by atoms with Crippen molar-refractivity contribution in [2.24, 2.45) is 11.3 Å². The molecule has 1 aliphatic heterocycles. The summed E-state index contributed by atoms with van der Waals surface area (Å²) in [6.07, 6.45) is -0.141. The zero-order valence-electron chi connectivity index (χ0n) is 19.0. The Morgan fingerprint density at radius 1 is 1.03 bits per heavy atom. The number of β-amino-alcohol motifs (C(OH)–C–C–N with tert-alkyl or cyclic N) is 1. The summed E-state index contributed by atoms with van der Waals surface area (Å²) in [6.45, 7) is 10.5. The van der Waals surface area contributed by atoms with Crippen molar-refractivity contribution in [3.05, 3.63) is 29.8 Å². The molecule has 1 aliphatic carbocycles. The van der Waals surface area contributed by atoms with Crippen LogP contribution in [0.15, 0.2) is 24.3 Å². The normalized spacial score (nSPS) is 24.9. The van der Waals surface area contributed by atoms with E-state index in [0.29, 0.717) is 50.4 Å². The molecule has 1 aromatic rings. The number of hydrogen-bond donors (Lipinski definition) is 1. The first-order chi connectivity index (χ1) is 14.5. The summed E-state index contributed by atoms with van der Waals surface area (Å²) < 4.78 is 44.8. The lowest BCUT2D eigenvalue weighted by Gasteiger charge is -2.38. The minimum atomic E-state index is -4.33. The van der Waals surface area contributed by atoms with Gasteiger partial charge in [0.2, 0.25) is 0 Å². The molecule has 2 fully saturated rings. The fraction of sp³-hybridized carbons (Fsp3) is 0.750. The SMILES string of the molecule is CC(C)(C)C1CCC(OC[C@@H](O)CN2CCN(c3cccc(C(F)(F)F)c3)CC2)CC1. The van der Waals surface area contributed by atoms with Crippen molar-refractivity contribution in [3.8, 4) is 0 Å². The number of rotatable bonds is 6. The van der Waals surface area contributed by atoms with Crippen LogP contribution in [0.4, 0.5) is 18.9 Å². The molecule has 0 amide bonds. The zero-order valence-corrected chi connectivity index (χ0v) is 19.0. The van der Waals surface area contributed by atoms with Crippen molar-refractivity contribution in [3.63, 3.8) is 0 Å². The van der Waals surface area contributed by atoms with Crippen LogP contribution < -0.4 is 4.90 Å². The lowest BCUT2D eigenvalue weighted by molar-refractivity contribution is -0.137. The molecule has 4 nitrogen and oxygen atoms in total. The predicted molar refractivity (Wildman–Crippen MR) is 117 cm³/mol. The average molecular weight is 443 g/mol. The van der Waals surface area contributed by atoms with E-state index in [1.807, 2.05) is 4.90 Å². The van der Waals surface area contributed by atoms with Gasteiger partial charge in [0.25, 0.3) is 0 Å². The third-order valence-corrected chi connectivity index (χ3v) is 6.80. The van der Waals surface area contributed by atoms with E-state index in [2.05, 4.69) is 25.7 Å². The monoisotopic (exact) mass is 442 g/mol. The summed E-state index contributed by atoms with van der Waals surface area (Å²) in [5, 5.41) is 10.4. The smallest absolute Gasteiger partial charge is 0.389 e. The number of nitrogens with zero attached hydrogens (tertiary/aromatic N) is 2. The van der Waals surface area contributed by atoms with Crippen LogP contribution in [0.3, 0.4) is 0 Å². The Labute approximate surface area is 184 Å². The fourth-order valence-corrected chi connectivity index (χ4v) is 4.76. The Balaban J connectivity index is 1.37. The number of hydrogen-bond acceptors (Lipinski definition) is 4. The minimum Gasteiger partial charge on any atom is -0.389 e. The Morgan fingerprint density at radius 3 is 2.26 bits per heavy atom. The lowest BCUT2D eigenvalue weighted by Crippen LogP contribution is -2.49. The van der Waals surface area contributed by atoms with Crippen LogP contribution in [0.1, 0.15) is 52.0 Å². The highest BCUT2D eigenvalue weighted by molar-refractivity contribution is 5.49. The molecule has 2 aliphatic rings. The summed E-state index contributed by atoms with van der Waals surface area (Å²) in [5.74, 6) is 0.741. The molecule has 31 heavy (non-hydrogen) atoms. The predicted octanol–water partition coefficient (Wildman–Crippen LogP) is 4.81. The van der Waals surface area contributed by atoms with Crippen molar-refractivity contribution in [2.45, 2.75) is 64.8 Å². The first-order valence-corrected chi connectivity index (χ1v) is 11.5. The maximum absolute atomic E-state index is 13.0. The molecule has 0 spiro atoms. The van der Waals surface area contributed by atoms with E-state index < -0.39 is 17.8 Å². The molecule has 1 saturated heterocycles. The standard InChI is InChI=1S/C24H37F3N2O2/c1-23(2,3)18-7-9-22(10-8-18)31-17-21(30)16-28-11-13-29(14-12-28)20-6-4-5-19(15-20)24(25,26)27/h4-6,15,18,21-22,30H,7-14,16-17H2,1-3H3/t18?,21-,22?/m0/s1. The van der Waals surface area contributed by atoms with Crippen molar-refractivity contribution >= 4 is 5.69 Å². The summed E-state index contributed by atoms with van der Waals surface area (Å²) in [7, 11) is 0. The molecule has 0 aromatic heterocycles. The highest BCUT2D eigenvalue weighted by Crippen LogP contribution is 2.38. The number of halogens is 3. The van der Waals surface area contributed by atoms with E-state index in [-0.39, 0.29) is 6.10 Å². The molecule has 176 valence electrons. The maximum atomic E-state index is 13.0. The van der Waals surface area contributed by atoms with E-state index in [9.17, 15) is 18.3 Å². The van der Waals surface area contributed by atoms with Crippen LogP contribution >= 0.6 is 0 Å². The van der Waals surface area contributed by atoms with Gasteiger partial charge >= 0.3 is 6.18 Å². The zero-order chi connectivity index (χ0) is 22.6. The number of piperazine rings is 1. The Bertz CT molecular complexity index is 689. The van der Waals surface area contributed by atoms with E-state index in [4.69, 9.17) is 4.74 Å². The molecular formula is C24H37F3N2O2. The van der Waals surface area contributed by atoms with Crippen molar-refractivity contribution < 1.29 is 23.0 Å². The second-order valence-electron chi connectivity index (χ2n) is 10.2. The van der Waals surface area contributed by atoms with Gasteiger partial charge in [0.15, 0.2) is 0 Å². The second kappa shape index (κ2) is 10.1. The molecule has 1 heterocycles. The molecule has 1 N–H and O–H groups in total. The van der Waals surface area contributed by atoms with Gasteiger partial charge in [-0.2, -0.15) is 13.2 Å². The first kappa shape index (κ1) is 24.3. The largest absolute Gasteiger partial charge is 0.416 e. The van der Waals surface area contributed by atoms with E-state index in [1.54, 1.807) is 6.07 Å². The number of aliphatic hydroxyl groups excluding tert-OH is 1. The molecule has 0 unspecified atom stereocenters. The average Bonchev–Trinajstić information content (AvgIpc) is 2.72. The number of ether oxygens (including phenoxy) is 1. The molecule has 3 rings (SSSR count). The van der Waals surface area contributed by atoms with Crippen molar-refractivity contribution in [1.82, 2.24) is 4.90 Å². The van der Waals surface area contributed by atoms with Gasteiger partial charge in [-0.25, -0.2) is 0 Å². The molecule has 7 heteroatoms. The van der Waals surface area contributed by atoms with Gasteiger partial charge in [0.05, 0.1) is 24.4 Å². The van der Waals surface area contributed by atoms with Gasteiger partial charge < -0.3 is 14.7 Å². The van der Waals surface area contributed by atoms with Gasteiger partial charge in [-0.3, -0.25) is 4.90 Å². The number of anilines is 1. The van der Waals surface area contributed by atoms with Gasteiger partial charge in [-0.05, 0) is 55.2 Å². The van der Waals surface area contributed by atoms with E-state index in [1.165, 1.54) is 25.0 Å². The third kappa shape index (κ3) is 7.09. The molecule has 1 aromatic carbocycles. The van der Waals surface area contributed by atoms with Gasteiger partial charge in [-0.15, -0.1) is 0 Å². The quantitative estimate of drug-likeness (QED) is 0.686. The van der Waals surface area contributed by atoms with Crippen LogP contribution in [0.25, 0.3) is 0 Å². The van der Waals surface area contributed by atoms with Gasteiger partial charge in [0, 0.05) is 38.4 Å². The second-order valence-corrected chi connectivity index (χ2v) is 10.2. The van der Waals surface area contributed by atoms with Crippen molar-refractivity contribution in [1.29, 1.82) is 0 Å². The summed E-state index contributed by atoms with van der Waals surface area (Å²) in [4.78, 5) is 4.14. The van der Waals surface area contributed by atoms with E-state index in [0.717, 1.165) is 24.8 Å². The Morgan fingerprint density at radius 2 is 1.68 bits per heavy atom. The molecule has 0 radical (unpaired) electrons. The molecule has 1 atom stereocenters. The number of alkyl halides is 3. The summed E-state index contributed by atoms with van der Waals surface area (Å²) in [5.41, 5.74) is 0.335. The fourth-order valence-electron chi connectivity index (χ4n) is 4.76. The third-order valence-electron chi connectivity index (χ3n) is 6.80. The lowest BCUT2D eigenvalue weighted by atomic mass is 9.72. The first-order valence-electron chi connectivity index (χ1n) is 11.5. The molecule has 1 saturated carbocycles. The van der Waals surface area contributed by atoms with Crippen LogP contribution in [-0.2, 0) is 10.9 Å². The topological polar surface area (TPSA) is 35.9 Å². The van der Waals surface area contributed by atoms with Crippen LogP contribution in [0, 0.1) is 11.3 Å². The minimum absolute atomic E-state index is 0.242. The summed E-state index contributed by atoms with van der Waals surface area (Å²) in [6, 6.07) is 5.50. The maximum Gasteiger partial charge on any atom is 0.416 e. The molecule has 0 bridgehead atoms.